The first-order chi connectivity index (χ1) is 23.9. The quantitative estimate of drug-likeness (QED) is 0.158. The van der Waals surface area contributed by atoms with Crippen molar-refractivity contribution >= 4 is 45.8 Å². The molecule has 3 aromatic carbocycles. The van der Waals surface area contributed by atoms with Gasteiger partial charge in [0.15, 0.2) is 5.78 Å². The monoisotopic (exact) mass is 677 g/mol. The number of nitrogens with two attached hydrogens (primary N) is 1. The molecule has 0 radical (unpaired) electrons. The molecule has 0 fully saturated rings. The highest BCUT2D eigenvalue weighted by atomic mass is 16.2. The van der Waals surface area contributed by atoms with E-state index in [-0.39, 0.29) is 36.9 Å². The lowest BCUT2D eigenvalue weighted by molar-refractivity contribution is -0.141. The second-order valence-electron chi connectivity index (χ2n) is 13.6. The number of amides is 3. The topological polar surface area (TPSA) is 152 Å². The summed E-state index contributed by atoms with van der Waals surface area (Å²) in [7, 11) is 0. The third kappa shape index (κ3) is 10.7. The molecule has 50 heavy (non-hydrogen) atoms. The molecular formula is C41H47N3O6. The van der Waals surface area contributed by atoms with Gasteiger partial charge >= 0.3 is 0 Å². The molecule has 5 atom stereocenters. The molecule has 0 heterocycles. The second-order valence-corrected chi connectivity index (χ2v) is 13.6. The molecule has 3 amide bonds. The molecule has 0 spiro atoms. The third-order valence-electron chi connectivity index (χ3n) is 9.12. The van der Waals surface area contributed by atoms with Crippen LogP contribution in [0.1, 0.15) is 63.5 Å². The van der Waals surface area contributed by atoms with Gasteiger partial charge < -0.3 is 16.4 Å². The Labute approximate surface area is 293 Å². The SMILES string of the molecule is CC(C)CC(CC(=O)C(c1ccccc1)C1C=CC=CC1)C(=O)NC(C)C(=O)C(=O)NCC(=O)CC(Cc1ccc2ccccc2c1)C(N)=O. The number of nitrogens with one attached hydrogen (secondary N) is 2. The first-order valence-electron chi connectivity index (χ1n) is 17.2. The Bertz CT molecular complexity index is 1760. The van der Waals surface area contributed by atoms with E-state index in [1.54, 1.807) is 0 Å². The first kappa shape index (κ1) is 37.6. The van der Waals surface area contributed by atoms with E-state index in [2.05, 4.69) is 10.6 Å². The maximum Gasteiger partial charge on any atom is 0.289 e. The molecule has 262 valence electrons. The van der Waals surface area contributed by atoms with Crippen LogP contribution in [0.25, 0.3) is 10.8 Å². The van der Waals surface area contributed by atoms with Gasteiger partial charge in [-0.3, -0.25) is 28.8 Å². The van der Waals surface area contributed by atoms with Crippen molar-refractivity contribution in [3.63, 3.8) is 0 Å². The van der Waals surface area contributed by atoms with Gasteiger partial charge in [-0.1, -0.05) is 111 Å². The minimum atomic E-state index is -1.19. The predicted octanol–water partition coefficient (Wildman–Crippen LogP) is 5.17. The van der Waals surface area contributed by atoms with Crippen LogP contribution in [0, 0.1) is 23.7 Å². The molecule has 0 aliphatic heterocycles. The molecule has 4 N–H and O–H groups in total. The Morgan fingerprint density at radius 2 is 1.52 bits per heavy atom. The minimum absolute atomic E-state index is 0.0144. The van der Waals surface area contributed by atoms with Crippen molar-refractivity contribution in [3.8, 4) is 0 Å². The van der Waals surface area contributed by atoms with Crippen LogP contribution in [-0.4, -0.2) is 47.7 Å². The van der Waals surface area contributed by atoms with Crippen molar-refractivity contribution in [1.29, 1.82) is 0 Å². The molecule has 9 heteroatoms. The summed E-state index contributed by atoms with van der Waals surface area (Å²) in [5.41, 5.74) is 7.34. The summed E-state index contributed by atoms with van der Waals surface area (Å²) in [6.45, 7) is 4.84. The van der Waals surface area contributed by atoms with E-state index in [1.165, 1.54) is 6.92 Å². The van der Waals surface area contributed by atoms with Crippen LogP contribution >= 0.6 is 0 Å². The molecule has 0 saturated carbocycles. The normalized spacial score (nSPS) is 16.3. The Balaban J connectivity index is 1.32. The summed E-state index contributed by atoms with van der Waals surface area (Å²) < 4.78 is 0. The van der Waals surface area contributed by atoms with Gasteiger partial charge in [0.1, 0.15) is 5.78 Å². The van der Waals surface area contributed by atoms with Crippen molar-refractivity contribution in [2.45, 2.75) is 64.8 Å². The number of benzene rings is 3. The maximum absolute atomic E-state index is 13.9. The number of allylic oxidation sites excluding steroid dienone is 4. The lowest BCUT2D eigenvalue weighted by atomic mass is 9.76. The number of primary amides is 1. The van der Waals surface area contributed by atoms with Gasteiger partial charge in [0.05, 0.1) is 12.6 Å². The van der Waals surface area contributed by atoms with Crippen LogP contribution in [0.2, 0.25) is 0 Å². The highest BCUT2D eigenvalue weighted by Crippen LogP contribution is 2.34. The van der Waals surface area contributed by atoms with Crippen molar-refractivity contribution in [3.05, 3.63) is 108 Å². The zero-order valence-corrected chi connectivity index (χ0v) is 29.0. The number of carbonyl (C=O) groups is 6. The van der Waals surface area contributed by atoms with E-state index >= 15 is 0 Å². The number of rotatable bonds is 18. The van der Waals surface area contributed by atoms with Crippen LogP contribution in [0.4, 0.5) is 0 Å². The first-order valence-corrected chi connectivity index (χ1v) is 17.2. The Morgan fingerprint density at radius 1 is 0.820 bits per heavy atom. The highest BCUT2D eigenvalue weighted by molar-refractivity contribution is 6.38. The van der Waals surface area contributed by atoms with Gasteiger partial charge in [-0.25, -0.2) is 0 Å². The lowest BCUT2D eigenvalue weighted by Crippen LogP contribution is -2.48. The smallest absolute Gasteiger partial charge is 0.289 e. The van der Waals surface area contributed by atoms with Gasteiger partial charge in [0.25, 0.3) is 5.91 Å². The van der Waals surface area contributed by atoms with E-state index in [4.69, 9.17) is 5.73 Å². The fourth-order valence-corrected chi connectivity index (χ4v) is 6.53. The third-order valence-corrected chi connectivity index (χ3v) is 9.12. The molecular weight excluding hydrogens is 630 g/mol. The number of carbonyl (C=O) groups excluding carboxylic acids is 6. The fraction of sp³-hybridized carbons (Fsp3) is 0.366. The molecule has 4 rings (SSSR count). The van der Waals surface area contributed by atoms with Crippen LogP contribution in [-0.2, 0) is 35.2 Å². The van der Waals surface area contributed by atoms with Crippen LogP contribution in [0.15, 0.2) is 97.1 Å². The molecule has 3 aromatic rings. The van der Waals surface area contributed by atoms with Crippen LogP contribution in [0.5, 0.6) is 0 Å². The molecule has 1 aliphatic rings. The average molecular weight is 678 g/mol. The van der Waals surface area contributed by atoms with Gasteiger partial charge in [0.2, 0.25) is 17.6 Å². The standard InChI is InChI=1S/C41H47N3O6/c1-26(2)20-34(24-36(46)37(30-13-6-4-7-14-30)31-15-8-5-9-16-31)40(49)44-27(3)38(47)41(50)43-25-35(45)23-33(39(42)48)22-28-18-19-29-12-10-11-17-32(29)21-28/h4-15,17-19,21,26-27,31,33-34,37H,16,20,22-25H2,1-3H3,(H2,42,48)(H,43,50)(H,44,49). The molecule has 0 bridgehead atoms. The lowest BCUT2D eigenvalue weighted by Gasteiger charge is -2.27. The van der Waals surface area contributed by atoms with E-state index in [0.29, 0.717) is 12.8 Å². The molecule has 0 aromatic heterocycles. The number of hydrogen-bond acceptors (Lipinski definition) is 6. The minimum Gasteiger partial charge on any atom is -0.369 e. The summed E-state index contributed by atoms with van der Waals surface area (Å²) >= 11 is 0. The Hall–Kier alpha value is -5.18. The van der Waals surface area contributed by atoms with Gasteiger partial charge in [-0.15, -0.1) is 0 Å². The van der Waals surface area contributed by atoms with Crippen molar-refractivity contribution in [2.75, 3.05) is 6.54 Å². The fourth-order valence-electron chi connectivity index (χ4n) is 6.53. The van der Waals surface area contributed by atoms with E-state index in [1.807, 2.05) is 111 Å². The van der Waals surface area contributed by atoms with Crippen LogP contribution < -0.4 is 16.4 Å². The number of Topliss-reactive ketones (excluding diaryl/α,β-unsaturated/α-hetero) is 3. The summed E-state index contributed by atoms with van der Waals surface area (Å²) in [4.78, 5) is 78.0. The molecule has 1 aliphatic carbocycles. The average Bonchev–Trinajstić information content (AvgIpc) is 3.10. The van der Waals surface area contributed by atoms with Gasteiger partial charge in [-0.05, 0) is 59.9 Å². The summed E-state index contributed by atoms with van der Waals surface area (Å²) in [6, 6.07) is 21.9. The Morgan fingerprint density at radius 3 is 2.18 bits per heavy atom. The van der Waals surface area contributed by atoms with E-state index in [9.17, 15) is 28.8 Å². The zero-order chi connectivity index (χ0) is 36.2. The van der Waals surface area contributed by atoms with Crippen molar-refractivity contribution in [2.24, 2.45) is 29.4 Å². The van der Waals surface area contributed by atoms with Gasteiger partial charge in [-0.2, -0.15) is 0 Å². The van der Waals surface area contributed by atoms with Crippen molar-refractivity contribution < 1.29 is 28.8 Å². The molecule has 9 nitrogen and oxygen atoms in total. The van der Waals surface area contributed by atoms with Crippen molar-refractivity contribution in [1.82, 2.24) is 10.6 Å². The van der Waals surface area contributed by atoms with Gasteiger partial charge in [0, 0.05) is 30.6 Å². The highest BCUT2D eigenvalue weighted by Gasteiger charge is 2.34. The summed E-state index contributed by atoms with van der Waals surface area (Å²) in [5, 5.41) is 7.00. The van der Waals surface area contributed by atoms with Crippen LogP contribution in [0.3, 0.4) is 0 Å². The Kier molecular flexibility index (Phi) is 13.5. The van der Waals surface area contributed by atoms with E-state index < -0.39 is 59.6 Å². The zero-order valence-electron chi connectivity index (χ0n) is 29.0. The molecule has 0 saturated heterocycles. The summed E-state index contributed by atoms with van der Waals surface area (Å²) in [6.07, 6.45) is 9.10. The largest absolute Gasteiger partial charge is 0.369 e. The maximum atomic E-state index is 13.9. The summed E-state index contributed by atoms with van der Waals surface area (Å²) in [5.74, 6) is -5.47. The second kappa shape index (κ2) is 18.0. The van der Waals surface area contributed by atoms with E-state index in [0.717, 1.165) is 21.9 Å². The number of ketones is 3. The molecule has 5 unspecified atom stereocenters. The predicted molar refractivity (Wildman–Crippen MR) is 194 cm³/mol. The number of fused-ring (bicyclic) bond motifs is 1. The number of hydrogen-bond donors (Lipinski definition) is 3.